The number of hydrogen-bond donors (Lipinski definition) is 1. The van der Waals surface area contributed by atoms with Crippen LogP contribution in [0.1, 0.15) is 18.1 Å². The molecule has 108 valence electrons. The summed E-state index contributed by atoms with van der Waals surface area (Å²) in [6.07, 6.45) is -4.25. The highest BCUT2D eigenvalue weighted by atomic mass is 35.5. The van der Waals surface area contributed by atoms with Gasteiger partial charge in [-0.05, 0) is 24.6 Å². The topological polar surface area (TPSA) is 15.3 Å². The molecular formula is C13H18ClF3N2. The van der Waals surface area contributed by atoms with Gasteiger partial charge < -0.3 is 5.32 Å². The summed E-state index contributed by atoms with van der Waals surface area (Å²) in [5.41, 5.74) is 0.344. The molecule has 1 atom stereocenters. The summed E-state index contributed by atoms with van der Waals surface area (Å²) in [6, 6.07) is 5.86. The Morgan fingerprint density at radius 3 is 2.42 bits per heavy atom. The normalized spacial score (nSPS) is 20.9. The van der Waals surface area contributed by atoms with Gasteiger partial charge in [0.25, 0.3) is 0 Å². The highest BCUT2D eigenvalue weighted by Gasteiger charge is 2.30. The number of alkyl halides is 3. The maximum absolute atomic E-state index is 12.4. The van der Waals surface area contributed by atoms with Crippen LogP contribution in [0.25, 0.3) is 0 Å². The fourth-order valence-corrected chi connectivity index (χ4v) is 2.15. The molecule has 2 rings (SSSR count). The summed E-state index contributed by atoms with van der Waals surface area (Å²) < 4.78 is 37.3. The lowest BCUT2D eigenvalue weighted by Gasteiger charge is -2.33. The summed E-state index contributed by atoms with van der Waals surface area (Å²) in [7, 11) is 0. The lowest BCUT2D eigenvalue weighted by Crippen LogP contribution is -2.49. The van der Waals surface area contributed by atoms with Crippen molar-refractivity contribution < 1.29 is 13.2 Å². The first kappa shape index (κ1) is 16.3. The van der Waals surface area contributed by atoms with E-state index >= 15 is 0 Å². The van der Waals surface area contributed by atoms with Gasteiger partial charge in [0, 0.05) is 32.2 Å². The zero-order valence-corrected chi connectivity index (χ0v) is 11.5. The Hall–Kier alpha value is -0.780. The van der Waals surface area contributed by atoms with Gasteiger partial charge in [0.05, 0.1) is 5.56 Å². The van der Waals surface area contributed by atoms with Gasteiger partial charge >= 0.3 is 6.18 Å². The van der Waals surface area contributed by atoms with Gasteiger partial charge in [-0.15, -0.1) is 12.4 Å². The molecule has 0 aromatic heterocycles. The van der Waals surface area contributed by atoms with Crippen LogP contribution in [-0.2, 0) is 12.7 Å². The van der Waals surface area contributed by atoms with Crippen LogP contribution in [0, 0.1) is 0 Å². The maximum Gasteiger partial charge on any atom is 0.416 e. The Morgan fingerprint density at radius 1 is 1.26 bits per heavy atom. The first-order valence-electron chi connectivity index (χ1n) is 6.08. The van der Waals surface area contributed by atoms with Gasteiger partial charge in [0.1, 0.15) is 0 Å². The molecule has 1 fully saturated rings. The van der Waals surface area contributed by atoms with Gasteiger partial charge in [-0.2, -0.15) is 13.2 Å². The molecule has 0 bridgehead atoms. The molecule has 1 aromatic carbocycles. The third-order valence-corrected chi connectivity index (χ3v) is 3.31. The second-order valence-electron chi connectivity index (χ2n) is 4.72. The zero-order chi connectivity index (χ0) is 13.2. The minimum Gasteiger partial charge on any atom is -0.314 e. The molecule has 1 aliphatic rings. The molecule has 0 aliphatic carbocycles. The zero-order valence-electron chi connectivity index (χ0n) is 10.7. The van der Waals surface area contributed by atoms with Gasteiger partial charge in [-0.3, -0.25) is 4.90 Å². The quantitative estimate of drug-likeness (QED) is 0.902. The molecule has 1 N–H and O–H groups in total. The molecule has 2 nitrogen and oxygen atoms in total. The number of benzene rings is 1. The molecule has 0 spiro atoms. The first-order valence-corrected chi connectivity index (χ1v) is 6.08. The summed E-state index contributed by atoms with van der Waals surface area (Å²) in [5.74, 6) is 0. The second kappa shape index (κ2) is 6.59. The highest BCUT2D eigenvalue weighted by Crippen LogP contribution is 2.29. The van der Waals surface area contributed by atoms with Crippen LogP contribution in [0.15, 0.2) is 24.3 Å². The fourth-order valence-electron chi connectivity index (χ4n) is 2.15. The molecule has 0 saturated carbocycles. The molecule has 0 amide bonds. The highest BCUT2D eigenvalue weighted by molar-refractivity contribution is 5.85. The van der Waals surface area contributed by atoms with Crippen molar-refractivity contribution in [3.05, 3.63) is 35.4 Å². The maximum atomic E-state index is 12.4. The van der Waals surface area contributed by atoms with E-state index in [-0.39, 0.29) is 12.4 Å². The SMILES string of the molecule is C[C@H]1CNCCN1Cc1ccc(C(F)(F)F)cc1.Cl. The molecule has 1 saturated heterocycles. The number of piperazine rings is 1. The summed E-state index contributed by atoms with van der Waals surface area (Å²) in [5, 5.41) is 3.29. The summed E-state index contributed by atoms with van der Waals surface area (Å²) in [6.45, 7) is 5.63. The molecule has 1 heterocycles. The smallest absolute Gasteiger partial charge is 0.314 e. The van der Waals surface area contributed by atoms with E-state index in [1.807, 2.05) is 0 Å². The van der Waals surface area contributed by atoms with Crippen LogP contribution in [0.3, 0.4) is 0 Å². The molecular weight excluding hydrogens is 277 g/mol. The average Bonchev–Trinajstić information content (AvgIpc) is 2.32. The molecule has 6 heteroatoms. The van der Waals surface area contributed by atoms with Crippen molar-refractivity contribution in [1.82, 2.24) is 10.2 Å². The van der Waals surface area contributed by atoms with Crippen molar-refractivity contribution in [2.75, 3.05) is 19.6 Å². The monoisotopic (exact) mass is 294 g/mol. The van der Waals surface area contributed by atoms with Gasteiger partial charge in [-0.1, -0.05) is 12.1 Å². The van der Waals surface area contributed by atoms with E-state index in [9.17, 15) is 13.2 Å². The van der Waals surface area contributed by atoms with E-state index in [1.54, 1.807) is 12.1 Å². The van der Waals surface area contributed by atoms with Crippen molar-refractivity contribution in [3.63, 3.8) is 0 Å². The van der Waals surface area contributed by atoms with E-state index in [4.69, 9.17) is 0 Å². The molecule has 19 heavy (non-hydrogen) atoms. The van der Waals surface area contributed by atoms with Crippen molar-refractivity contribution in [2.24, 2.45) is 0 Å². The van der Waals surface area contributed by atoms with Crippen LogP contribution < -0.4 is 5.32 Å². The van der Waals surface area contributed by atoms with Crippen molar-refractivity contribution in [1.29, 1.82) is 0 Å². The Morgan fingerprint density at radius 2 is 1.89 bits per heavy atom. The minimum atomic E-state index is -4.25. The number of halogens is 4. The third kappa shape index (κ3) is 4.37. The minimum absolute atomic E-state index is 0. The van der Waals surface area contributed by atoms with Crippen molar-refractivity contribution in [3.8, 4) is 0 Å². The third-order valence-electron chi connectivity index (χ3n) is 3.31. The van der Waals surface area contributed by atoms with Crippen LogP contribution in [0.2, 0.25) is 0 Å². The Kier molecular flexibility index (Phi) is 5.64. The lowest BCUT2D eigenvalue weighted by atomic mass is 10.1. The Bertz CT molecular complexity index is 392. The molecule has 1 aromatic rings. The predicted octanol–water partition coefficient (Wildman–Crippen LogP) is 2.92. The van der Waals surface area contributed by atoms with Gasteiger partial charge in [0.2, 0.25) is 0 Å². The van der Waals surface area contributed by atoms with Crippen molar-refractivity contribution >= 4 is 12.4 Å². The van der Waals surface area contributed by atoms with Crippen LogP contribution in [-0.4, -0.2) is 30.6 Å². The van der Waals surface area contributed by atoms with Crippen LogP contribution in [0.5, 0.6) is 0 Å². The van der Waals surface area contributed by atoms with Crippen LogP contribution in [0.4, 0.5) is 13.2 Å². The standard InChI is InChI=1S/C13H17F3N2.ClH/c1-10-8-17-6-7-18(10)9-11-2-4-12(5-3-11)13(14,15)16;/h2-5,10,17H,6-9H2,1H3;1H/t10-;/m0./s1. The van der Waals surface area contributed by atoms with Crippen molar-refractivity contribution in [2.45, 2.75) is 25.7 Å². The largest absolute Gasteiger partial charge is 0.416 e. The second-order valence-corrected chi connectivity index (χ2v) is 4.72. The number of nitrogens with one attached hydrogen (secondary N) is 1. The average molecular weight is 295 g/mol. The first-order chi connectivity index (χ1) is 8.47. The number of hydrogen-bond acceptors (Lipinski definition) is 2. The fraction of sp³-hybridized carbons (Fsp3) is 0.538. The Balaban J connectivity index is 0.00000180. The molecule has 1 aliphatic heterocycles. The summed E-state index contributed by atoms with van der Waals surface area (Å²) >= 11 is 0. The van der Waals surface area contributed by atoms with E-state index in [2.05, 4.69) is 17.1 Å². The summed E-state index contributed by atoms with van der Waals surface area (Å²) in [4.78, 5) is 2.28. The van der Waals surface area contributed by atoms with E-state index in [0.29, 0.717) is 12.6 Å². The van der Waals surface area contributed by atoms with Crippen LogP contribution >= 0.6 is 12.4 Å². The molecule has 0 unspecified atom stereocenters. The van der Waals surface area contributed by atoms with Gasteiger partial charge in [-0.25, -0.2) is 0 Å². The number of nitrogens with zero attached hydrogens (tertiary/aromatic N) is 1. The predicted molar refractivity (Wildman–Crippen MR) is 71.4 cm³/mol. The van der Waals surface area contributed by atoms with E-state index < -0.39 is 11.7 Å². The van der Waals surface area contributed by atoms with E-state index in [1.165, 1.54) is 0 Å². The number of rotatable bonds is 2. The molecule has 0 radical (unpaired) electrons. The Labute approximate surface area is 117 Å². The lowest BCUT2D eigenvalue weighted by molar-refractivity contribution is -0.137. The van der Waals surface area contributed by atoms with Gasteiger partial charge in [0.15, 0.2) is 0 Å². The van der Waals surface area contributed by atoms with E-state index in [0.717, 1.165) is 37.3 Å².